The maximum atomic E-state index is 11.9. The maximum absolute atomic E-state index is 11.9. The number of halogens is 3. The first-order valence-electron chi connectivity index (χ1n) is 5.52. The van der Waals surface area contributed by atoms with Gasteiger partial charge in [0.1, 0.15) is 6.61 Å². The molecule has 1 aromatic carbocycles. The molecule has 0 aromatic heterocycles. The molecule has 94 valence electrons. The predicted molar refractivity (Wildman–Crippen MR) is 57.5 cm³/mol. The number of ether oxygens (including phenoxy) is 1. The molecule has 1 N–H and O–H groups in total. The van der Waals surface area contributed by atoms with Gasteiger partial charge in [-0.2, -0.15) is 13.2 Å². The molecular formula is C12H14F3NO. The molecule has 1 aromatic rings. The van der Waals surface area contributed by atoms with Crippen molar-refractivity contribution in [1.29, 1.82) is 0 Å². The van der Waals surface area contributed by atoms with Crippen molar-refractivity contribution < 1.29 is 17.9 Å². The van der Waals surface area contributed by atoms with Gasteiger partial charge in [0.25, 0.3) is 0 Å². The molecule has 0 saturated carbocycles. The fourth-order valence-corrected chi connectivity index (χ4v) is 2.02. The third-order valence-electron chi connectivity index (χ3n) is 2.79. The van der Waals surface area contributed by atoms with Gasteiger partial charge in [0, 0.05) is 19.2 Å². The van der Waals surface area contributed by atoms with Gasteiger partial charge in [-0.15, -0.1) is 0 Å². The summed E-state index contributed by atoms with van der Waals surface area (Å²) >= 11 is 0. The summed E-state index contributed by atoms with van der Waals surface area (Å²) < 4.78 is 40.2. The van der Waals surface area contributed by atoms with Crippen LogP contribution in [0.1, 0.15) is 23.6 Å². The van der Waals surface area contributed by atoms with Crippen LogP contribution in [0.4, 0.5) is 13.2 Å². The van der Waals surface area contributed by atoms with Crippen molar-refractivity contribution in [3.05, 3.63) is 35.4 Å². The van der Waals surface area contributed by atoms with Crippen molar-refractivity contribution in [2.75, 3.05) is 13.2 Å². The molecule has 1 aliphatic heterocycles. The van der Waals surface area contributed by atoms with Crippen molar-refractivity contribution in [2.24, 2.45) is 0 Å². The lowest BCUT2D eigenvalue weighted by Crippen LogP contribution is -2.20. The average molecular weight is 245 g/mol. The summed E-state index contributed by atoms with van der Waals surface area (Å²) in [5, 5.41) is 3.26. The lowest BCUT2D eigenvalue weighted by molar-refractivity contribution is -0.174. The molecular weight excluding hydrogens is 231 g/mol. The Morgan fingerprint density at radius 2 is 2.06 bits per heavy atom. The van der Waals surface area contributed by atoms with Crippen LogP contribution in [0.2, 0.25) is 0 Å². The van der Waals surface area contributed by atoms with Crippen molar-refractivity contribution in [3.8, 4) is 0 Å². The molecule has 0 spiro atoms. The van der Waals surface area contributed by atoms with Gasteiger partial charge >= 0.3 is 6.18 Å². The minimum absolute atomic E-state index is 0.111. The number of hydrogen-bond donors (Lipinski definition) is 1. The predicted octanol–water partition coefficient (Wildman–Crippen LogP) is 2.80. The Bertz CT molecular complexity index is 378. The highest BCUT2D eigenvalue weighted by atomic mass is 19.4. The van der Waals surface area contributed by atoms with Crippen molar-refractivity contribution in [2.45, 2.75) is 25.2 Å². The van der Waals surface area contributed by atoms with Gasteiger partial charge in [-0.1, -0.05) is 24.3 Å². The van der Waals surface area contributed by atoms with E-state index in [9.17, 15) is 13.2 Å². The average Bonchev–Trinajstić information content (AvgIpc) is 2.67. The molecule has 17 heavy (non-hydrogen) atoms. The van der Waals surface area contributed by atoms with Gasteiger partial charge in [-0.3, -0.25) is 0 Å². The zero-order valence-electron chi connectivity index (χ0n) is 9.26. The minimum Gasteiger partial charge on any atom is -0.372 e. The second-order valence-corrected chi connectivity index (χ2v) is 4.09. The first-order chi connectivity index (χ1) is 8.06. The van der Waals surface area contributed by atoms with E-state index in [4.69, 9.17) is 0 Å². The number of benzene rings is 1. The lowest BCUT2D eigenvalue weighted by Gasteiger charge is -2.13. The fourth-order valence-electron chi connectivity index (χ4n) is 2.02. The third-order valence-corrected chi connectivity index (χ3v) is 2.79. The molecule has 0 saturated heterocycles. The molecule has 1 aliphatic rings. The molecule has 2 nitrogen and oxygen atoms in total. The first-order valence-corrected chi connectivity index (χ1v) is 5.52. The van der Waals surface area contributed by atoms with E-state index in [-0.39, 0.29) is 12.6 Å². The Labute approximate surface area is 97.8 Å². The van der Waals surface area contributed by atoms with Crippen LogP contribution in [0, 0.1) is 0 Å². The van der Waals surface area contributed by atoms with Crippen LogP contribution in [-0.4, -0.2) is 19.4 Å². The van der Waals surface area contributed by atoms with Crippen LogP contribution in [0.15, 0.2) is 24.3 Å². The summed E-state index contributed by atoms with van der Waals surface area (Å²) in [7, 11) is 0. The fraction of sp³-hybridized carbons (Fsp3) is 0.500. The standard InChI is InChI=1S/C12H14F3NO/c13-12(14,15)8-17-6-5-11-10-4-2-1-3-9(10)7-16-11/h1-4,11,16H,5-8H2. The number of rotatable bonds is 4. The molecule has 0 bridgehead atoms. The Kier molecular flexibility index (Phi) is 3.69. The largest absolute Gasteiger partial charge is 0.411 e. The number of alkyl halides is 3. The van der Waals surface area contributed by atoms with Gasteiger partial charge in [0.15, 0.2) is 0 Å². The number of fused-ring (bicyclic) bond motifs is 1. The van der Waals surface area contributed by atoms with E-state index < -0.39 is 12.8 Å². The van der Waals surface area contributed by atoms with Gasteiger partial charge < -0.3 is 10.1 Å². The summed E-state index contributed by atoms with van der Waals surface area (Å²) in [6.07, 6.45) is -3.67. The summed E-state index contributed by atoms with van der Waals surface area (Å²) in [6, 6.07) is 8.04. The van der Waals surface area contributed by atoms with E-state index in [1.807, 2.05) is 24.3 Å². The van der Waals surface area contributed by atoms with Crippen LogP contribution < -0.4 is 5.32 Å². The second kappa shape index (κ2) is 5.06. The number of hydrogen-bond acceptors (Lipinski definition) is 2. The van der Waals surface area contributed by atoms with E-state index in [0.717, 1.165) is 6.54 Å². The van der Waals surface area contributed by atoms with Crippen LogP contribution in [-0.2, 0) is 11.3 Å². The molecule has 1 heterocycles. The smallest absolute Gasteiger partial charge is 0.372 e. The first kappa shape index (κ1) is 12.4. The van der Waals surface area contributed by atoms with Gasteiger partial charge in [-0.25, -0.2) is 0 Å². The summed E-state index contributed by atoms with van der Waals surface area (Å²) in [6.45, 7) is -0.271. The molecule has 1 atom stereocenters. The maximum Gasteiger partial charge on any atom is 0.411 e. The molecule has 0 aliphatic carbocycles. The van der Waals surface area contributed by atoms with E-state index in [2.05, 4.69) is 10.1 Å². The van der Waals surface area contributed by atoms with E-state index in [0.29, 0.717) is 6.42 Å². The van der Waals surface area contributed by atoms with Crippen molar-refractivity contribution in [1.82, 2.24) is 5.32 Å². The molecule has 0 radical (unpaired) electrons. The molecule has 1 unspecified atom stereocenters. The van der Waals surface area contributed by atoms with Gasteiger partial charge in [0.2, 0.25) is 0 Å². The zero-order chi connectivity index (χ0) is 12.3. The van der Waals surface area contributed by atoms with Gasteiger partial charge in [-0.05, 0) is 17.5 Å². The SMILES string of the molecule is FC(F)(F)COCCC1NCc2ccccc21. The molecule has 0 fully saturated rings. The second-order valence-electron chi connectivity index (χ2n) is 4.09. The zero-order valence-corrected chi connectivity index (χ0v) is 9.26. The Hall–Kier alpha value is -1.07. The van der Waals surface area contributed by atoms with E-state index >= 15 is 0 Å². The lowest BCUT2D eigenvalue weighted by atomic mass is 10.0. The van der Waals surface area contributed by atoms with E-state index in [1.165, 1.54) is 11.1 Å². The van der Waals surface area contributed by atoms with Crippen LogP contribution in [0.3, 0.4) is 0 Å². The topological polar surface area (TPSA) is 21.3 Å². The quantitative estimate of drug-likeness (QED) is 0.823. The van der Waals surface area contributed by atoms with Crippen LogP contribution >= 0.6 is 0 Å². The summed E-state index contributed by atoms with van der Waals surface area (Å²) in [4.78, 5) is 0. The highest BCUT2D eigenvalue weighted by molar-refractivity contribution is 5.33. The highest BCUT2D eigenvalue weighted by Crippen LogP contribution is 2.27. The summed E-state index contributed by atoms with van der Waals surface area (Å²) in [5.74, 6) is 0. The molecule has 0 amide bonds. The summed E-state index contributed by atoms with van der Waals surface area (Å²) in [5.41, 5.74) is 2.39. The Morgan fingerprint density at radius 3 is 2.82 bits per heavy atom. The minimum atomic E-state index is -4.24. The normalized spacial score (nSPS) is 19.4. The molecule has 2 rings (SSSR count). The van der Waals surface area contributed by atoms with E-state index in [1.54, 1.807) is 0 Å². The van der Waals surface area contributed by atoms with Crippen LogP contribution in [0.25, 0.3) is 0 Å². The Morgan fingerprint density at radius 1 is 1.29 bits per heavy atom. The van der Waals surface area contributed by atoms with Crippen molar-refractivity contribution >= 4 is 0 Å². The van der Waals surface area contributed by atoms with Crippen LogP contribution in [0.5, 0.6) is 0 Å². The monoisotopic (exact) mass is 245 g/mol. The number of nitrogens with one attached hydrogen (secondary N) is 1. The van der Waals surface area contributed by atoms with Crippen molar-refractivity contribution in [3.63, 3.8) is 0 Å². The third kappa shape index (κ3) is 3.44. The Balaban J connectivity index is 1.78. The van der Waals surface area contributed by atoms with Gasteiger partial charge in [0.05, 0.1) is 0 Å². The molecule has 5 heteroatoms. The highest BCUT2D eigenvalue weighted by Gasteiger charge is 2.28.